The molecule has 0 fully saturated rings. The van der Waals surface area contributed by atoms with Crippen molar-refractivity contribution >= 4 is 22.6 Å². The first-order valence-corrected chi connectivity index (χ1v) is 10.2. The van der Waals surface area contributed by atoms with Gasteiger partial charge in [0.15, 0.2) is 11.6 Å². The first-order chi connectivity index (χ1) is 16.1. The Labute approximate surface area is 187 Å². The number of nitrogen functional groups attached to an aromatic ring is 1. The third-order valence-corrected chi connectivity index (χ3v) is 5.49. The highest BCUT2D eigenvalue weighted by Crippen LogP contribution is 2.36. The van der Waals surface area contributed by atoms with Gasteiger partial charge in [-0.2, -0.15) is 9.67 Å². The molecule has 33 heavy (non-hydrogen) atoms. The molecule has 1 aromatic carbocycles. The molecule has 5 aromatic heterocycles. The minimum Gasteiger partial charge on any atom is -0.497 e. The Morgan fingerprint density at radius 2 is 2.00 bits per heavy atom. The number of pyridine rings is 1. The standard InChI is InChI=1S/C23H18N8O2/c1-13-11-25-19-8-5-14(12-30(13)19)20-21(18-4-3-9-33-18)26-23(24)27-22(20)31-17-7-6-15(32-2)10-16(17)28-29-31/h3-12H,1-2H3,(H2,24,26,27). The maximum atomic E-state index is 6.15. The summed E-state index contributed by atoms with van der Waals surface area (Å²) in [4.78, 5) is 13.5. The Bertz CT molecular complexity index is 1630. The van der Waals surface area contributed by atoms with Crippen LogP contribution in [0.1, 0.15) is 5.69 Å². The van der Waals surface area contributed by atoms with Crippen LogP contribution in [-0.4, -0.2) is 41.5 Å². The van der Waals surface area contributed by atoms with Crippen LogP contribution in [0, 0.1) is 6.92 Å². The van der Waals surface area contributed by atoms with Gasteiger partial charge in [0.25, 0.3) is 0 Å². The maximum absolute atomic E-state index is 6.15. The number of imidazole rings is 1. The van der Waals surface area contributed by atoms with E-state index in [1.54, 1.807) is 24.1 Å². The van der Waals surface area contributed by atoms with E-state index in [0.717, 1.165) is 22.4 Å². The first kappa shape index (κ1) is 19.0. The number of aromatic nitrogens is 7. The molecule has 0 aliphatic carbocycles. The van der Waals surface area contributed by atoms with E-state index >= 15 is 0 Å². The zero-order chi connectivity index (χ0) is 22.5. The average Bonchev–Trinajstić information content (AvgIpc) is 3.58. The molecule has 162 valence electrons. The van der Waals surface area contributed by atoms with E-state index < -0.39 is 0 Å². The van der Waals surface area contributed by atoms with Gasteiger partial charge in [-0.15, -0.1) is 5.10 Å². The number of methoxy groups -OCH3 is 1. The summed E-state index contributed by atoms with van der Waals surface area (Å²) in [5.74, 6) is 1.83. The van der Waals surface area contributed by atoms with Crippen molar-refractivity contribution in [3.63, 3.8) is 0 Å². The smallest absolute Gasteiger partial charge is 0.222 e. The lowest BCUT2D eigenvalue weighted by molar-refractivity contribution is 0.415. The zero-order valence-corrected chi connectivity index (χ0v) is 17.8. The summed E-state index contributed by atoms with van der Waals surface area (Å²) in [6.45, 7) is 2.00. The van der Waals surface area contributed by atoms with Crippen LogP contribution in [-0.2, 0) is 0 Å². The molecule has 10 heteroatoms. The Hall–Kier alpha value is -4.73. The van der Waals surface area contributed by atoms with Gasteiger partial charge in [-0.05, 0) is 43.3 Å². The Morgan fingerprint density at radius 3 is 2.82 bits per heavy atom. The van der Waals surface area contributed by atoms with E-state index in [2.05, 4.69) is 25.3 Å². The molecule has 0 atom stereocenters. The molecule has 0 spiro atoms. The molecule has 0 aliphatic rings. The lowest BCUT2D eigenvalue weighted by Gasteiger charge is -2.14. The van der Waals surface area contributed by atoms with Crippen molar-refractivity contribution in [3.05, 3.63) is 66.8 Å². The summed E-state index contributed by atoms with van der Waals surface area (Å²) in [6.07, 6.45) is 5.41. The van der Waals surface area contributed by atoms with E-state index in [9.17, 15) is 0 Å². The van der Waals surface area contributed by atoms with Crippen LogP contribution in [0.15, 0.2) is 65.5 Å². The number of hydrogen-bond acceptors (Lipinski definition) is 8. The molecule has 10 nitrogen and oxygen atoms in total. The van der Waals surface area contributed by atoms with Crippen LogP contribution in [0.3, 0.4) is 0 Å². The Balaban J connectivity index is 1.69. The van der Waals surface area contributed by atoms with E-state index in [1.165, 1.54) is 0 Å². The van der Waals surface area contributed by atoms with Gasteiger partial charge in [0.05, 0.1) is 24.5 Å². The number of anilines is 1. The maximum Gasteiger partial charge on any atom is 0.222 e. The summed E-state index contributed by atoms with van der Waals surface area (Å²) < 4.78 is 14.7. The molecular formula is C23H18N8O2. The van der Waals surface area contributed by atoms with Gasteiger partial charge in [0, 0.05) is 29.7 Å². The second kappa shape index (κ2) is 7.16. The molecule has 6 rings (SSSR count). The van der Waals surface area contributed by atoms with E-state index in [0.29, 0.717) is 34.1 Å². The topological polar surface area (TPSA) is 122 Å². The summed E-state index contributed by atoms with van der Waals surface area (Å²) in [6, 6.07) is 13.1. The van der Waals surface area contributed by atoms with Crippen LogP contribution in [0.4, 0.5) is 5.95 Å². The molecule has 0 radical (unpaired) electrons. The molecular weight excluding hydrogens is 420 g/mol. The lowest BCUT2D eigenvalue weighted by atomic mass is 10.0. The third-order valence-electron chi connectivity index (χ3n) is 5.49. The second-order valence-corrected chi connectivity index (χ2v) is 7.51. The van der Waals surface area contributed by atoms with Crippen LogP contribution in [0.2, 0.25) is 0 Å². The predicted octanol–water partition coefficient (Wildman–Crippen LogP) is 3.68. The van der Waals surface area contributed by atoms with Gasteiger partial charge in [-0.1, -0.05) is 5.21 Å². The third kappa shape index (κ3) is 2.99. The monoisotopic (exact) mass is 438 g/mol. The van der Waals surface area contributed by atoms with Crippen molar-refractivity contribution in [3.8, 4) is 34.1 Å². The van der Waals surface area contributed by atoms with E-state index in [4.69, 9.17) is 14.9 Å². The highest BCUT2D eigenvalue weighted by Gasteiger charge is 2.23. The van der Waals surface area contributed by atoms with Crippen LogP contribution >= 0.6 is 0 Å². The van der Waals surface area contributed by atoms with E-state index in [1.807, 2.05) is 60.1 Å². The SMILES string of the molecule is COc1ccc2c(c1)nnn2-c1nc(N)nc(-c2ccco2)c1-c1ccc2ncc(C)n2c1. The van der Waals surface area contributed by atoms with Crippen molar-refractivity contribution < 1.29 is 9.15 Å². The number of nitrogens with two attached hydrogens (primary N) is 1. The molecule has 0 saturated heterocycles. The minimum atomic E-state index is 0.0946. The van der Waals surface area contributed by atoms with Crippen LogP contribution in [0.5, 0.6) is 5.75 Å². The predicted molar refractivity (Wildman–Crippen MR) is 122 cm³/mol. The van der Waals surface area contributed by atoms with Crippen molar-refractivity contribution in [2.75, 3.05) is 12.8 Å². The normalized spacial score (nSPS) is 11.5. The number of rotatable bonds is 4. The highest BCUT2D eigenvalue weighted by atomic mass is 16.5. The molecule has 0 saturated carbocycles. The van der Waals surface area contributed by atoms with Crippen molar-refractivity contribution in [1.82, 2.24) is 34.3 Å². The first-order valence-electron chi connectivity index (χ1n) is 10.2. The average molecular weight is 438 g/mol. The molecule has 6 aromatic rings. The molecule has 0 amide bonds. The number of nitrogens with zero attached hydrogens (tertiary/aromatic N) is 7. The van der Waals surface area contributed by atoms with Crippen molar-refractivity contribution in [2.45, 2.75) is 6.92 Å². The largest absolute Gasteiger partial charge is 0.497 e. The highest BCUT2D eigenvalue weighted by molar-refractivity contribution is 5.87. The lowest BCUT2D eigenvalue weighted by Crippen LogP contribution is -2.09. The zero-order valence-electron chi connectivity index (χ0n) is 17.8. The summed E-state index contributed by atoms with van der Waals surface area (Å²) in [7, 11) is 1.61. The second-order valence-electron chi connectivity index (χ2n) is 7.51. The fourth-order valence-electron chi connectivity index (χ4n) is 3.91. The van der Waals surface area contributed by atoms with Crippen LogP contribution < -0.4 is 10.5 Å². The number of furan rings is 1. The fourth-order valence-corrected chi connectivity index (χ4v) is 3.91. The quantitative estimate of drug-likeness (QED) is 0.442. The van der Waals surface area contributed by atoms with Crippen molar-refractivity contribution in [2.24, 2.45) is 0 Å². The fraction of sp³-hybridized carbons (Fsp3) is 0.0870. The van der Waals surface area contributed by atoms with Crippen LogP contribution in [0.25, 0.3) is 45.1 Å². The Kier molecular flexibility index (Phi) is 4.12. The molecule has 0 aliphatic heterocycles. The number of benzene rings is 1. The number of aryl methyl sites for hydroxylation is 1. The summed E-state index contributed by atoms with van der Waals surface area (Å²) in [5, 5.41) is 8.69. The molecule has 2 N–H and O–H groups in total. The Morgan fingerprint density at radius 1 is 1.09 bits per heavy atom. The van der Waals surface area contributed by atoms with Gasteiger partial charge in [-0.25, -0.2) is 9.97 Å². The number of ether oxygens (including phenoxy) is 1. The molecule has 5 heterocycles. The van der Waals surface area contributed by atoms with Crippen molar-refractivity contribution in [1.29, 1.82) is 0 Å². The molecule has 0 unspecified atom stereocenters. The number of hydrogen-bond donors (Lipinski definition) is 1. The van der Waals surface area contributed by atoms with Gasteiger partial charge >= 0.3 is 0 Å². The number of fused-ring (bicyclic) bond motifs is 2. The minimum absolute atomic E-state index is 0.0946. The van der Waals surface area contributed by atoms with E-state index in [-0.39, 0.29) is 5.95 Å². The van der Waals surface area contributed by atoms with Gasteiger partial charge in [0.2, 0.25) is 5.95 Å². The van der Waals surface area contributed by atoms with Gasteiger partial charge < -0.3 is 19.3 Å². The van der Waals surface area contributed by atoms with Gasteiger partial charge in [-0.3, -0.25) is 0 Å². The summed E-state index contributed by atoms with van der Waals surface area (Å²) in [5.41, 5.74) is 11.5. The van der Waals surface area contributed by atoms with Gasteiger partial charge in [0.1, 0.15) is 22.6 Å². The summed E-state index contributed by atoms with van der Waals surface area (Å²) >= 11 is 0. The molecule has 0 bridgehead atoms.